The summed E-state index contributed by atoms with van der Waals surface area (Å²) in [7, 11) is 0. The summed E-state index contributed by atoms with van der Waals surface area (Å²) >= 11 is 0. The van der Waals surface area contributed by atoms with Crippen LogP contribution in [0.1, 0.15) is 13.8 Å². The fourth-order valence-corrected chi connectivity index (χ4v) is 16.4. The number of carboxylic acids is 12. The number of β-amino-alcohol motifs (C(OH)–C–C–N with tert-alkyl or cyclic N) is 4. The molecule has 0 spiro atoms. The van der Waals surface area contributed by atoms with E-state index in [1.807, 2.05) is 0 Å². The molecule has 5 saturated heterocycles. The predicted octanol–water partition coefficient (Wildman–Crippen LogP) is -10.6. The lowest BCUT2D eigenvalue weighted by Crippen LogP contribution is -2.66. The number of hydrogen-bond acceptors (Lipinski definition) is 38. The zero-order valence-electron chi connectivity index (χ0n) is 72.7. The third-order valence-electron chi connectivity index (χ3n) is 22.6. The Bertz CT molecular complexity index is 3090. The standard InChI is InChI=1S/C77H136N16O34/c1-77(2)126-75-73(124-53-57(96)37-80-7-15-86(43-63(106)107)23-31-92(49-69(118)119)32-24-87(16-8-80)44-64(108)109)71(122-51-55(94)35-78-3-11-82(39-59(98)99)19-27-90(47-67(114)115)28-20-83(12-4-78)40-60(100)101)72(123-52-56(95)36-79-5-13-84(41-61(102)103)21-29-91(48-68(116)117)30-22-85(14-6-79)42-62(104)105)74(76(75)127-77)125-54-58(97)38-81-9-17-88(45-65(110)111)25-33-93(50-70(120)121)34-26-89(18-10-81)46-66(112)113/h55-58,71-76,94-97H,3-54H2,1-2H3,(H,98,99)(H,100,101)(H,102,103)(H,104,105)(H,106,107)(H,108,109)(H,110,111)(H,112,113)(H,114,115)(H,116,117)(H,118,119)(H,120,121)/t55?,56?,57?,58?,71-,72-,73+,74+,75-,76+/m1/s1. The SMILES string of the molecule is CC1(C)O[C@@H]2[C@@H](OCC(O)CN3CCN(CC(=O)O)CCN(CC(=O)O)CCN(CC(=O)O)CC3)[C@H](OCC(O)CN3CCN(CC(=O)O)CCN(CC(=O)O)CCN(CC(=O)O)CC3)[C@@H](OCC(O)CN3CCN(CC(=O)O)CCN(CC(=O)O)CCN(CC(=O)O)CC3)[C@H](OCC(O)CN3CCN(CC(=O)O)CCN(CC(=O)O)CCN(CC(=O)O)CC3)[C@@H]2O1. The zero-order chi connectivity index (χ0) is 93.5. The minimum absolute atomic E-state index is 0.0525. The summed E-state index contributed by atoms with van der Waals surface area (Å²) in [6.07, 6.45) is -14.6. The number of hydrogen-bond donors (Lipinski definition) is 16. The summed E-state index contributed by atoms with van der Waals surface area (Å²) in [5.41, 5.74) is 0. The summed E-state index contributed by atoms with van der Waals surface area (Å²) in [6, 6.07) is 0. The zero-order valence-corrected chi connectivity index (χ0v) is 72.7. The van der Waals surface area contributed by atoms with Crippen molar-refractivity contribution in [2.24, 2.45) is 0 Å². The first-order valence-electron chi connectivity index (χ1n) is 42.8. The lowest BCUT2D eigenvalue weighted by Gasteiger charge is -2.47. The quantitative estimate of drug-likeness (QED) is 0.0269. The Labute approximate surface area is 736 Å². The van der Waals surface area contributed by atoms with Gasteiger partial charge in [-0.15, -0.1) is 0 Å². The van der Waals surface area contributed by atoms with Crippen molar-refractivity contribution in [1.29, 1.82) is 0 Å². The number of carbonyl (C=O) groups is 12. The van der Waals surface area contributed by atoms with Crippen molar-refractivity contribution in [3.05, 3.63) is 0 Å². The molecule has 50 nitrogen and oxygen atoms in total. The van der Waals surface area contributed by atoms with Gasteiger partial charge in [-0.3, -0.25) is 136 Å². The van der Waals surface area contributed by atoms with Gasteiger partial charge >= 0.3 is 71.6 Å². The van der Waals surface area contributed by atoms with E-state index < -0.39 is 243 Å². The summed E-state index contributed by atoms with van der Waals surface area (Å²) in [6.45, 7) is -2.96. The van der Waals surface area contributed by atoms with Gasteiger partial charge in [0.1, 0.15) is 36.6 Å². The molecule has 728 valence electrons. The van der Waals surface area contributed by atoms with Crippen LogP contribution in [-0.4, -0.2) is 639 Å². The van der Waals surface area contributed by atoms with Crippen molar-refractivity contribution < 1.29 is 168 Å². The van der Waals surface area contributed by atoms with E-state index in [0.29, 0.717) is 0 Å². The second-order valence-electron chi connectivity index (χ2n) is 33.6. The van der Waals surface area contributed by atoms with Gasteiger partial charge in [-0.05, 0) is 13.8 Å². The number of aliphatic hydroxyl groups is 4. The molecule has 10 atom stereocenters. The first-order chi connectivity index (χ1) is 60.1. The first kappa shape index (κ1) is 108. The van der Waals surface area contributed by atoms with Crippen LogP contribution in [0.3, 0.4) is 0 Å². The molecule has 5 aliphatic heterocycles. The van der Waals surface area contributed by atoms with Crippen LogP contribution in [0.4, 0.5) is 0 Å². The molecule has 127 heavy (non-hydrogen) atoms. The lowest BCUT2D eigenvalue weighted by atomic mass is 9.84. The van der Waals surface area contributed by atoms with E-state index in [0.717, 1.165) is 0 Å². The van der Waals surface area contributed by atoms with Gasteiger partial charge in [0.25, 0.3) is 0 Å². The topological polar surface area (TPSA) is 636 Å². The van der Waals surface area contributed by atoms with Crippen LogP contribution >= 0.6 is 0 Å². The van der Waals surface area contributed by atoms with Gasteiger partial charge < -0.3 is 110 Å². The van der Waals surface area contributed by atoms with Crippen molar-refractivity contribution in [2.45, 2.75) is 80.7 Å². The highest BCUT2D eigenvalue weighted by molar-refractivity contribution is 5.73. The summed E-state index contributed by atoms with van der Waals surface area (Å²) in [5, 5.41) is 169. The molecule has 0 aromatic heterocycles. The number of nitrogens with zero attached hydrogens (tertiary/aromatic N) is 16. The molecular weight excluding hydrogens is 1690 g/mol. The smallest absolute Gasteiger partial charge is 0.317 e. The lowest BCUT2D eigenvalue weighted by molar-refractivity contribution is -0.256. The van der Waals surface area contributed by atoms with Crippen LogP contribution in [0.2, 0.25) is 0 Å². The van der Waals surface area contributed by atoms with Crippen LogP contribution in [-0.2, 0) is 86.0 Å². The largest absolute Gasteiger partial charge is 0.480 e. The minimum Gasteiger partial charge on any atom is -0.480 e. The van der Waals surface area contributed by atoms with Crippen molar-refractivity contribution >= 4 is 71.6 Å². The summed E-state index contributed by atoms with van der Waals surface area (Å²) in [5.74, 6) is -15.6. The highest BCUT2D eigenvalue weighted by Crippen LogP contribution is 2.42. The predicted molar refractivity (Wildman–Crippen MR) is 441 cm³/mol. The van der Waals surface area contributed by atoms with Gasteiger partial charge in [0.15, 0.2) is 5.79 Å². The monoisotopic (exact) mass is 1830 g/mol. The Morgan fingerprint density at radius 2 is 0.331 bits per heavy atom. The van der Waals surface area contributed by atoms with E-state index in [1.165, 1.54) is 0 Å². The third kappa shape index (κ3) is 44.4. The highest BCUT2D eigenvalue weighted by atomic mass is 16.8. The van der Waals surface area contributed by atoms with E-state index in [2.05, 4.69) is 0 Å². The molecule has 6 rings (SSSR count). The number of fused-ring (bicyclic) bond motifs is 1. The van der Waals surface area contributed by atoms with Crippen LogP contribution < -0.4 is 0 Å². The molecule has 5 heterocycles. The van der Waals surface area contributed by atoms with Gasteiger partial charge in [0.2, 0.25) is 0 Å². The summed E-state index contributed by atoms with van der Waals surface area (Å²) < 4.78 is 41.2. The Balaban J connectivity index is 1.45. The molecule has 4 unspecified atom stereocenters. The fourth-order valence-electron chi connectivity index (χ4n) is 16.4. The van der Waals surface area contributed by atoms with Gasteiger partial charge in [-0.2, -0.15) is 0 Å². The van der Waals surface area contributed by atoms with Crippen molar-refractivity contribution in [3.63, 3.8) is 0 Å². The normalized spacial score (nSPS) is 25.3. The van der Waals surface area contributed by atoms with Crippen LogP contribution in [0.15, 0.2) is 0 Å². The molecule has 0 aromatic rings. The van der Waals surface area contributed by atoms with Crippen LogP contribution in [0, 0.1) is 0 Å². The molecule has 50 heteroatoms. The van der Waals surface area contributed by atoms with Crippen molar-refractivity contribution in [2.75, 3.05) is 341 Å². The molecule has 0 aromatic carbocycles. The van der Waals surface area contributed by atoms with Gasteiger partial charge in [0.05, 0.1) is 129 Å². The number of rotatable bonds is 44. The Morgan fingerprint density at radius 3 is 0.449 bits per heavy atom. The first-order valence-corrected chi connectivity index (χ1v) is 42.8. The average Bonchev–Trinajstić information content (AvgIpc) is 1.61. The maximum absolute atomic E-state index is 12.5. The molecule has 1 saturated carbocycles. The van der Waals surface area contributed by atoms with Crippen LogP contribution in [0.5, 0.6) is 0 Å². The second kappa shape index (κ2) is 56.4. The molecule has 0 amide bonds. The molecule has 16 N–H and O–H groups in total. The maximum atomic E-state index is 12.5. The van der Waals surface area contributed by atoms with E-state index in [4.69, 9.17) is 28.4 Å². The molecule has 1 aliphatic carbocycles. The molecule has 6 fully saturated rings. The highest BCUT2D eigenvalue weighted by Gasteiger charge is 2.61. The van der Waals surface area contributed by atoms with Gasteiger partial charge in [-0.25, -0.2) is 0 Å². The minimum atomic E-state index is -1.57. The van der Waals surface area contributed by atoms with E-state index in [-0.39, 0.29) is 236 Å². The number of aliphatic carboxylic acids is 12. The molecule has 0 radical (unpaired) electrons. The van der Waals surface area contributed by atoms with Gasteiger partial charge in [-0.1, -0.05) is 0 Å². The number of aliphatic hydroxyl groups excluding tert-OH is 4. The van der Waals surface area contributed by atoms with Crippen molar-refractivity contribution in [1.82, 2.24) is 78.4 Å². The fraction of sp³-hybridized carbons (Fsp3) is 0.844. The number of ether oxygens (including phenoxy) is 6. The summed E-state index contributed by atoms with van der Waals surface area (Å²) in [4.78, 5) is 172. The van der Waals surface area contributed by atoms with E-state index in [9.17, 15) is 139 Å². The molecular formula is C77H136N16O34. The number of carboxylic acid groups (broad SMARTS) is 12. The maximum Gasteiger partial charge on any atom is 0.317 e. The van der Waals surface area contributed by atoms with E-state index >= 15 is 0 Å². The van der Waals surface area contributed by atoms with Gasteiger partial charge in [0, 0.05) is 236 Å². The van der Waals surface area contributed by atoms with Crippen LogP contribution in [0.25, 0.3) is 0 Å². The third-order valence-corrected chi connectivity index (χ3v) is 22.6. The van der Waals surface area contributed by atoms with E-state index in [1.54, 1.807) is 92.2 Å². The Morgan fingerprint density at radius 1 is 0.220 bits per heavy atom. The second-order valence-corrected chi connectivity index (χ2v) is 33.6. The Hall–Kier alpha value is -7.40. The molecule has 0 bridgehead atoms. The van der Waals surface area contributed by atoms with Crippen molar-refractivity contribution in [3.8, 4) is 0 Å². The molecule has 6 aliphatic rings. The average molecular weight is 1830 g/mol. The Kier molecular flexibility index (Phi) is 48.1.